The van der Waals surface area contributed by atoms with E-state index in [0.29, 0.717) is 16.7 Å². The SMILES string of the molecule is O=C(O)c1cccc2c1C1c3c(C(=O)O)cccc3C2c2cccc(C(=O)O)c21. The fraction of sp³-hybridized carbons (Fsp3) is 0.0870. The number of carbonyl (C=O) groups is 3. The summed E-state index contributed by atoms with van der Waals surface area (Å²) in [6.07, 6.45) is 0. The number of carboxylic acid groups (broad SMARTS) is 3. The Morgan fingerprint density at radius 2 is 0.828 bits per heavy atom. The first kappa shape index (κ1) is 17.2. The fourth-order valence-electron chi connectivity index (χ4n) is 4.97. The van der Waals surface area contributed by atoms with Gasteiger partial charge < -0.3 is 15.3 Å². The van der Waals surface area contributed by atoms with Crippen molar-refractivity contribution in [2.24, 2.45) is 0 Å². The Morgan fingerprint density at radius 1 is 0.517 bits per heavy atom. The van der Waals surface area contributed by atoms with Crippen LogP contribution < -0.4 is 0 Å². The molecule has 0 unspecified atom stereocenters. The molecule has 0 aromatic heterocycles. The summed E-state index contributed by atoms with van der Waals surface area (Å²) in [5.74, 6) is -4.57. The monoisotopic (exact) mass is 386 g/mol. The Balaban J connectivity index is 1.97. The number of carboxylic acids is 3. The highest BCUT2D eigenvalue weighted by Crippen LogP contribution is 2.58. The van der Waals surface area contributed by atoms with E-state index in [4.69, 9.17) is 0 Å². The Hall–Kier alpha value is -3.93. The largest absolute Gasteiger partial charge is 0.478 e. The lowest BCUT2D eigenvalue weighted by Crippen LogP contribution is -2.32. The van der Waals surface area contributed by atoms with Gasteiger partial charge in [-0.3, -0.25) is 0 Å². The standard InChI is InChI=1S/C23H14O6/c24-21(25)13-7-1-4-10-16-11-5-2-8-14(22(26)27)18(11)20(17(10)13)19-12(16)6-3-9-15(19)23(28)29/h1-9,16,20H,(H,24,25)(H,26,27)(H,28,29). The second kappa shape index (κ2) is 5.78. The van der Waals surface area contributed by atoms with Gasteiger partial charge in [-0.2, -0.15) is 0 Å². The maximum atomic E-state index is 12.0. The van der Waals surface area contributed by atoms with Crippen molar-refractivity contribution < 1.29 is 29.7 Å². The molecule has 3 aromatic carbocycles. The number of hydrogen-bond donors (Lipinski definition) is 3. The van der Waals surface area contributed by atoms with Gasteiger partial charge in [0.25, 0.3) is 0 Å². The van der Waals surface area contributed by atoms with Gasteiger partial charge in [-0.05, 0) is 51.6 Å². The van der Waals surface area contributed by atoms with Gasteiger partial charge in [0.1, 0.15) is 0 Å². The molecule has 29 heavy (non-hydrogen) atoms. The summed E-state index contributed by atoms with van der Waals surface area (Å²) >= 11 is 0. The lowest BCUT2D eigenvalue weighted by Gasteiger charge is -2.43. The van der Waals surface area contributed by atoms with Crippen LogP contribution in [0.1, 0.15) is 76.3 Å². The minimum atomic E-state index is -1.13. The maximum absolute atomic E-state index is 12.0. The Labute approximate surface area is 164 Å². The number of rotatable bonds is 3. The third-order valence-electron chi connectivity index (χ3n) is 5.91. The molecule has 3 aliphatic carbocycles. The second-order valence-corrected chi connectivity index (χ2v) is 7.21. The number of aromatic carboxylic acids is 3. The number of benzene rings is 3. The molecule has 0 amide bonds. The van der Waals surface area contributed by atoms with Crippen molar-refractivity contribution in [1.82, 2.24) is 0 Å². The lowest BCUT2D eigenvalue weighted by molar-refractivity contribution is 0.0686. The van der Waals surface area contributed by atoms with Gasteiger partial charge in [0, 0.05) is 11.8 Å². The topological polar surface area (TPSA) is 112 Å². The molecule has 0 heterocycles. The van der Waals surface area contributed by atoms with E-state index in [-0.39, 0.29) is 16.7 Å². The van der Waals surface area contributed by atoms with E-state index in [0.717, 1.165) is 16.7 Å². The molecule has 3 aromatic rings. The summed E-state index contributed by atoms with van der Waals surface area (Å²) in [5.41, 5.74) is 3.96. The smallest absolute Gasteiger partial charge is 0.336 e. The van der Waals surface area contributed by atoms with Gasteiger partial charge in [-0.1, -0.05) is 36.4 Å². The third kappa shape index (κ3) is 2.14. The van der Waals surface area contributed by atoms with Crippen LogP contribution >= 0.6 is 0 Å². The van der Waals surface area contributed by atoms with Crippen molar-refractivity contribution in [3.8, 4) is 0 Å². The van der Waals surface area contributed by atoms with Crippen LogP contribution in [0.4, 0.5) is 0 Å². The lowest BCUT2D eigenvalue weighted by atomic mass is 9.58. The van der Waals surface area contributed by atoms with Crippen LogP contribution in [0.2, 0.25) is 0 Å². The van der Waals surface area contributed by atoms with E-state index in [1.54, 1.807) is 18.2 Å². The Morgan fingerprint density at radius 3 is 1.10 bits per heavy atom. The quantitative estimate of drug-likeness (QED) is 0.435. The first-order valence-corrected chi connectivity index (χ1v) is 9.00. The molecule has 6 nitrogen and oxygen atoms in total. The van der Waals surface area contributed by atoms with E-state index in [9.17, 15) is 29.7 Å². The molecular weight excluding hydrogens is 372 g/mol. The van der Waals surface area contributed by atoms with Crippen LogP contribution in [-0.4, -0.2) is 33.2 Å². The molecule has 0 aliphatic heterocycles. The van der Waals surface area contributed by atoms with E-state index >= 15 is 0 Å². The van der Waals surface area contributed by atoms with Crippen molar-refractivity contribution in [2.75, 3.05) is 0 Å². The predicted molar refractivity (Wildman–Crippen MR) is 102 cm³/mol. The van der Waals surface area contributed by atoms with Crippen molar-refractivity contribution in [1.29, 1.82) is 0 Å². The van der Waals surface area contributed by atoms with Gasteiger partial charge >= 0.3 is 17.9 Å². The van der Waals surface area contributed by atoms with Gasteiger partial charge in [0.05, 0.1) is 16.7 Å². The molecule has 0 radical (unpaired) electrons. The van der Waals surface area contributed by atoms with Crippen LogP contribution in [0.15, 0.2) is 54.6 Å². The summed E-state index contributed by atoms with van der Waals surface area (Å²) in [5, 5.41) is 29.4. The first-order valence-electron chi connectivity index (χ1n) is 9.00. The zero-order valence-corrected chi connectivity index (χ0v) is 14.9. The van der Waals surface area contributed by atoms with Gasteiger partial charge in [0.15, 0.2) is 0 Å². The van der Waals surface area contributed by atoms with E-state index in [1.165, 1.54) is 18.2 Å². The molecule has 0 spiro atoms. The molecule has 0 atom stereocenters. The zero-order chi connectivity index (χ0) is 20.4. The molecule has 6 rings (SSSR count). The average molecular weight is 386 g/mol. The molecular formula is C23H14O6. The maximum Gasteiger partial charge on any atom is 0.336 e. The first-order chi connectivity index (χ1) is 13.9. The molecule has 142 valence electrons. The average Bonchev–Trinajstić information content (AvgIpc) is 2.71. The van der Waals surface area contributed by atoms with Crippen LogP contribution in [-0.2, 0) is 0 Å². The fourth-order valence-corrected chi connectivity index (χ4v) is 4.97. The zero-order valence-electron chi connectivity index (χ0n) is 14.9. The summed E-state index contributed by atoms with van der Waals surface area (Å²) in [6.45, 7) is 0. The molecule has 3 aliphatic rings. The highest BCUT2D eigenvalue weighted by Gasteiger charge is 2.46. The van der Waals surface area contributed by atoms with Crippen LogP contribution in [0.3, 0.4) is 0 Å². The second-order valence-electron chi connectivity index (χ2n) is 7.21. The van der Waals surface area contributed by atoms with Crippen LogP contribution in [0.5, 0.6) is 0 Å². The highest BCUT2D eigenvalue weighted by molar-refractivity contribution is 5.98. The normalized spacial score (nSPS) is 17.8. The molecule has 0 saturated heterocycles. The van der Waals surface area contributed by atoms with E-state index in [2.05, 4.69) is 0 Å². The van der Waals surface area contributed by atoms with E-state index < -0.39 is 29.7 Å². The van der Waals surface area contributed by atoms with Crippen molar-refractivity contribution in [2.45, 2.75) is 11.8 Å². The van der Waals surface area contributed by atoms with Crippen molar-refractivity contribution in [3.63, 3.8) is 0 Å². The summed E-state index contributed by atoms with van der Waals surface area (Å²) < 4.78 is 0. The van der Waals surface area contributed by atoms with Crippen molar-refractivity contribution in [3.05, 3.63) is 105 Å². The molecule has 0 saturated carbocycles. The Bertz CT molecular complexity index is 1100. The minimum Gasteiger partial charge on any atom is -0.478 e. The van der Waals surface area contributed by atoms with E-state index in [1.807, 2.05) is 18.2 Å². The van der Waals surface area contributed by atoms with Gasteiger partial charge in [-0.25, -0.2) is 14.4 Å². The summed E-state index contributed by atoms with van der Waals surface area (Å²) in [6, 6.07) is 15.0. The predicted octanol–water partition coefficient (Wildman–Crippen LogP) is 3.77. The molecule has 0 fully saturated rings. The van der Waals surface area contributed by atoms with Crippen LogP contribution in [0.25, 0.3) is 0 Å². The highest BCUT2D eigenvalue weighted by atomic mass is 16.4. The van der Waals surface area contributed by atoms with Gasteiger partial charge in [-0.15, -0.1) is 0 Å². The van der Waals surface area contributed by atoms with Crippen LogP contribution in [0, 0.1) is 0 Å². The summed E-state index contributed by atoms with van der Waals surface area (Å²) in [4.78, 5) is 35.9. The molecule has 3 N–H and O–H groups in total. The molecule has 6 heteroatoms. The molecule has 2 bridgehead atoms. The summed E-state index contributed by atoms with van der Waals surface area (Å²) in [7, 11) is 0. The van der Waals surface area contributed by atoms with Gasteiger partial charge in [0.2, 0.25) is 0 Å². The van der Waals surface area contributed by atoms with Crippen molar-refractivity contribution >= 4 is 17.9 Å². The minimum absolute atomic E-state index is 0.0641. The Kier molecular flexibility index (Phi) is 3.43. The third-order valence-corrected chi connectivity index (χ3v) is 5.91. The number of hydrogen-bond acceptors (Lipinski definition) is 3.